The maximum atomic E-state index is 6.18. The van der Waals surface area contributed by atoms with Crippen LogP contribution in [0.3, 0.4) is 0 Å². The highest BCUT2D eigenvalue weighted by Crippen LogP contribution is 2.29. The van der Waals surface area contributed by atoms with Crippen molar-refractivity contribution in [3.05, 3.63) is 53.6 Å². The van der Waals surface area contributed by atoms with Gasteiger partial charge < -0.3 is 10.5 Å². The van der Waals surface area contributed by atoms with E-state index in [1.165, 1.54) is 0 Å². The zero-order chi connectivity index (χ0) is 12.8. The maximum absolute atomic E-state index is 6.18. The van der Waals surface area contributed by atoms with E-state index in [4.69, 9.17) is 22.1 Å². The molecule has 0 unspecified atom stereocenters. The smallest absolute Gasteiger partial charge is 0.119 e. The molecule has 0 aliphatic carbocycles. The zero-order valence-electron chi connectivity index (χ0n) is 10.1. The monoisotopic (exact) mass is 261 g/mol. The molecule has 18 heavy (non-hydrogen) atoms. The molecular weight excluding hydrogens is 246 g/mol. The number of halogens is 1. The molecule has 2 rings (SSSR count). The van der Waals surface area contributed by atoms with Crippen molar-refractivity contribution in [2.45, 2.75) is 6.42 Å². The van der Waals surface area contributed by atoms with Crippen molar-refractivity contribution >= 4 is 11.6 Å². The number of hydrogen-bond donors (Lipinski definition) is 1. The molecule has 0 aliphatic heterocycles. The molecule has 2 aromatic carbocycles. The van der Waals surface area contributed by atoms with Crippen molar-refractivity contribution in [2.24, 2.45) is 5.73 Å². The van der Waals surface area contributed by atoms with Crippen molar-refractivity contribution < 1.29 is 4.74 Å². The third-order valence-corrected chi connectivity index (χ3v) is 2.97. The second-order valence-corrected chi connectivity index (χ2v) is 4.41. The van der Waals surface area contributed by atoms with Gasteiger partial charge in [-0.05, 0) is 36.7 Å². The zero-order valence-corrected chi connectivity index (χ0v) is 10.9. The van der Waals surface area contributed by atoms with Crippen LogP contribution in [0.15, 0.2) is 48.5 Å². The summed E-state index contributed by atoms with van der Waals surface area (Å²) in [6, 6.07) is 15.7. The Morgan fingerprint density at radius 2 is 1.89 bits per heavy atom. The van der Waals surface area contributed by atoms with Crippen LogP contribution in [0, 0.1) is 0 Å². The highest BCUT2D eigenvalue weighted by molar-refractivity contribution is 6.33. The first-order valence-electron chi connectivity index (χ1n) is 5.99. The molecule has 0 aliphatic rings. The van der Waals surface area contributed by atoms with Crippen molar-refractivity contribution in [1.29, 1.82) is 0 Å². The van der Waals surface area contributed by atoms with Gasteiger partial charge >= 0.3 is 0 Å². The van der Waals surface area contributed by atoms with Gasteiger partial charge in [0.05, 0.1) is 6.61 Å². The molecular formula is C15H16ClNO. The molecule has 2 N–H and O–H groups in total. The Morgan fingerprint density at radius 1 is 1.06 bits per heavy atom. The van der Waals surface area contributed by atoms with Gasteiger partial charge in [-0.2, -0.15) is 0 Å². The Bertz CT molecular complexity index is 513. The van der Waals surface area contributed by atoms with Gasteiger partial charge in [-0.25, -0.2) is 0 Å². The highest BCUT2D eigenvalue weighted by atomic mass is 35.5. The number of hydrogen-bond acceptors (Lipinski definition) is 2. The molecule has 0 bridgehead atoms. The van der Waals surface area contributed by atoms with Crippen LogP contribution in [0.5, 0.6) is 5.75 Å². The number of rotatable bonds is 5. The summed E-state index contributed by atoms with van der Waals surface area (Å²) >= 11 is 6.18. The lowest BCUT2D eigenvalue weighted by Crippen LogP contribution is -2.06. The normalized spacial score (nSPS) is 10.3. The molecule has 94 valence electrons. The number of nitrogens with two attached hydrogens (primary N) is 1. The van der Waals surface area contributed by atoms with Crippen molar-refractivity contribution in [2.75, 3.05) is 13.2 Å². The molecule has 0 aromatic heterocycles. The third-order valence-electron chi connectivity index (χ3n) is 2.64. The van der Waals surface area contributed by atoms with Gasteiger partial charge in [-0.15, -0.1) is 0 Å². The summed E-state index contributed by atoms with van der Waals surface area (Å²) in [5.74, 6) is 0.848. The minimum Gasteiger partial charge on any atom is -0.494 e. The van der Waals surface area contributed by atoms with Crippen molar-refractivity contribution in [1.82, 2.24) is 0 Å². The van der Waals surface area contributed by atoms with Crippen LogP contribution in [0.2, 0.25) is 5.02 Å². The van der Waals surface area contributed by atoms with Crippen LogP contribution < -0.4 is 10.5 Å². The largest absolute Gasteiger partial charge is 0.494 e. The second-order valence-electron chi connectivity index (χ2n) is 4.00. The Labute approximate surface area is 112 Å². The molecule has 0 saturated carbocycles. The van der Waals surface area contributed by atoms with Gasteiger partial charge in [0.25, 0.3) is 0 Å². The van der Waals surface area contributed by atoms with Gasteiger partial charge in [0, 0.05) is 10.6 Å². The molecule has 0 amide bonds. The summed E-state index contributed by atoms with van der Waals surface area (Å²) in [7, 11) is 0. The van der Waals surface area contributed by atoms with Crippen molar-refractivity contribution in [3.63, 3.8) is 0 Å². The van der Waals surface area contributed by atoms with Gasteiger partial charge in [-0.1, -0.05) is 41.9 Å². The van der Waals surface area contributed by atoms with Crippen LogP contribution in [0.25, 0.3) is 11.1 Å². The topological polar surface area (TPSA) is 35.2 Å². The molecule has 3 heteroatoms. The molecule has 0 spiro atoms. The Morgan fingerprint density at radius 3 is 2.67 bits per heavy atom. The van der Waals surface area contributed by atoms with Gasteiger partial charge in [-0.3, -0.25) is 0 Å². The van der Waals surface area contributed by atoms with Crippen LogP contribution >= 0.6 is 11.6 Å². The fraction of sp³-hybridized carbons (Fsp3) is 0.200. The number of ether oxygens (including phenoxy) is 1. The first-order chi connectivity index (χ1) is 8.81. The average Bonchev–Trinajstić information content (AvgIpc) is 2.40. The van der Waals surface area contributed by atoms with E-state index in [0.29, 0.717) is 13.2 Å². The molecule has 0 heterocycles. The lowest BCUT2D eigenvalue weighted by atomic mass is 10.1. The third kappa shape index (κ3) is 3.25. The Hall–Kier alpha value is -1.51. The molecule has 0 saturated heterocycles. The number of benzene rings is 2. The van der Waals surface area contributed by atoms with E-state index in [9.17, 15) is 0 Å². The van der Waals surface area contributed by atoms with Gasteiger partial charge in [0.2, 0.25) is 0 Å². The Kier molecular flexibility index (Phi) is 4.62. The van der Waals surface area contributed by atoms with Gasteiger partial charge in [0.15, 0.2) is 0 Å². The SMILES string of the molecule is NCCCOc1cccc(-c2ccccc2Cl)c1. The predicted octanol–water partition coefficient (Wildman–Crippen LogP) is 3.73. The van der Waals surface area contributed by atoms with Crippen LogP contribution in [-0.4, -0.2) is 13.2 Å². The van der Waals surface area contributed by atoms with E-state index in [2.05, 4.69) is 0 Å². The highest BCUT2D eigenvalue weighted by Gasteiger charge is 2.03. The fourth-order valence-electron chi connectivity index (χ4n) is 1.72. The lowest BCUT2D eigenvalue weighted by molar-refractivity contribution is 0.313. The summed E-state index contributed by atoms with van der Waals surface area (Å²) in [6.07, 6.45) is 0.857. The van der Waals surface area contributed by atoms with E-state index in [-0.39, 0.29) is 0 Å². The second kappa shape index (κ2) is 6.43. The van der Waals surface area contributed by atoms with E-state index < -0.39 is 0 Å². The molecule has 0 radical (unpaired) electrons. The lowest BCUT2D eigenvalue weighted by Gasteiger charge is -2.08. The van der Waals surface area contributed by atoms with Crippen molar-refractivity contribution in [3.8, 4) is 16.9 Å². The first-order valence-corrected chi connectivity index (χ1v) is 6.37. The first kappa shape index (κ1) is 12.9. The van der Waals surface area contributed by atoms with E-state index in [1.807, 2.05) is 48.5 Å². The van der Waals surface area contributed by atoms with Gasteiger partial charge in [0.1, 0.15) is 5.75 Å². The molecule has 2 aromatic rings. The van der Waals surface area contributed by atoms with Crippen LogP contribution in [0.1, 0.15) is 6.42 Å². The minimum absolute atomic E-state index is 0.641. The summed E-state index contributed by atoms with van der Waals surface area (Å²) in [4.78, 5) is 0. The Balaban J connectivity index is 2.19. The van der Waals surface area contributed by atoms with Crippen LogP contribution in [0.4, 0.5) is 0 Å². The standard InChI is InChI=1S/C15H16ClNO/c16-15-8-2-1-7-14(15)12-5-3-6-13(11-12)18-10-4-9-17/h1-3,5-8,11H,4,9-10,17H2. The van der Waals surface area contributed by atoms with E-state index in [0.717, 1.165) is 28.3 Å². The van der Waals surface area contributed by atoms with E-state index in [1.54, 1.807) is 0 Å². The summed E-state index contributed by atoms with van der Waals surface area (Å²) in [6.45, 7) is 1.28. The average molecular weight is 262 g/mol. The quantitative estimate of drug-likeness (QED) is 0.833. The fourth-order valence-corrected chi connectivity index (χ4v) is 1.97. The summed E-state index contributed by atoms with van der Waals surface area (Å²) in [5, 5.41) is 0.747. The van der Waals surface area contributed by atoms with E-state index >= 15 is 0 Å². The molecule has 0 fully saturated rings. The summed E-state index contributed by atoms with van der Waals surface area (Å²) < 4.78 is 5.63. The molecule has 2 nitrogen and oxygen atoms in total. The van der Waals surface area contributed by atoms with Crippen LogP contribution in [-0.2, 0) is 0 Å². The summed E-state index contributed by atoms with van der Waals surface area (Å²) in [5.41, 5.74) is 7.51. The molecule has 0 atom stereocenters. The predicted molar refractivity (Wildman–Crippen MR) is 76.1 cm³/mol. The minimum atomic E-state index is 0.641. The maximum Gasteiger partial charge on any atom is 0.119 e.